The highest BCUT2D eigenvalue weighted by atomic mass is 32.2. The minimum atomic E-state index is 0.124. The van der Waals surface area contributed by atoms with Gasteiger partial charge < -0.3 is 11.1 Å². The van der Waals surface area contributed by atoms with E-state index in [2.05, 4.69) is 16.5 Å². The van der Waals surface area contributed by atoms with Crippen molar-refractivity contribution in [2.24, 2.45) is 5.73 Å². The van der Waals surface area contributed by atoms with Crippen LogP contribution in [0.4, 0.5) is 0 Å². The number of likely N-dealkylation sites (tertiary alicyclic amines) is 1. The lowest BCUT2D eigenvalue weighted by Gasteiger charge is -2.29. The van der Waals surface area contributed by atoms with E-state index in [1.54, 1.807) is 0 Å². The molecule has 0 aromatic heterocycles. The highest BCUT2D eigenvalue weighted by Gasteiger charge is 2.23. The molecule has 1 heterocycles. The Labute approximate surface area is 115 Å². The van der Waals surface area contributed by atoms with Gasteiger partial charge in [0.1, 0.15) is 0 Å². The van der Waals surface area contributed by atoms with Crippen LogP contribution in [0.1, 0.15) is 32.6 Å². The molecule has 1 amide bonds. The number of hydrogen-bond acceptors (Lipinski definition) is 4. The Bertz CT molecular complexity index is 250. The van der Waals surface area contributed by atoms with Crippen LogP contribution < -0.4 is 11.1 Å². The van der Waals surface area contributed by atoms with Crippen LogP contribution in [-0.2, 0) is 4.79 Å². The van der Waals surface area contributed by atoms with Crippen molar-refractivity contribution in [3.8, 4) is 0 Å². The van der Waals surface area contributed by atoms with E-state index in [1.165, 1.54) is 19.3 Å². The minimum absolute atomic E-state index is 0.124. The number of amides is 1. The van der Waals surface area contributed by atoms with Gasteiger partial charge in [0.2, 0.25) is 5.91 Å². The van der Waals surface area contributed by atoms with Gasteiger partial charge in [-0.05, 0) is 45.5 Å². The van der Waals surface area contributed by atoms with Gasteiger partial charge in [-0.15, -0.1) is 0 Å². The fourth-order valence-corrected chi connectivity index (χ4v) is 3.28. The zero-order chi connectivity index (χ0) is 13.4. The second-order valence-electron chi connectivity index (χ2n) is 4.87. The van der Waals surface area contributed by atoms with Crippen LogP contribution in [0.2, 0.25) is 0 Å². The molecule has 4 nitrogen and oxygen atoms in total. The summed E-state index contributed by atoms with van der Waals surface area (Å²) in [6.07, 6.45) is 6.45. The van der Waals surface area contributed by atoms with Crippen LogP contribution in [0.15, 0.2) is 0 Å². The van der Waals surface area contributed by atoms with Crippen LogP contribution in [-0.4, -0.2) is 54.5 Å². The molecule has 1 fully saturated rings. The van der Waals surface area contributed by atoms with Crippen molar-refractivity contribution in [3.63, 3.8) is 0 Å². The number of hydrogen-bond donors (Lipinski definition) is 2. The average Bonchev–Trinajstić information content (AvgIpc) is 2.61. The Balaban J connectivity index is 2.46. The first-order valence-corrected chi connectivity index (χ1v) is 8.23. The van der Waals surface area contributed by atoms with Crippen molar-refractivity contribution in [1.29, 1.82) is 0 Å². The van der Waals surface area contributed by atoms with E-state index in [0.29, 0.717) is 19.5 Å². The first kappa shape index (κ1) is 15.8. The number of rotatable bonds is 6. The topological polar surface area (TPSA) is 58.4 Å². The molecule has 1 aliphatic heterocycles. The predicted octanol–water partition coefficient (Wildman–Crippen LogP) is 1.06. The van der Waals surface area contributed by atoms with Crippen LogP contribution in [0.25, 0.3) is 0 Å². The molecule has 2 unspecified atom stereocenters. The predicted molar refractivity (Wildman–Crippen MR) is 78.9 cm³/mol. The Morgan fingerprint density at radius 1 is 1.50 bits per heavy atom. The largest absolute Gasteiger partial charge is 0.356 e. The molecule has 0 aromatic carbocycles. The molecule has 1 rings (SSSR count). The first-order chi connectivity index (χ1) is 8.71. The minimum Gasteiger partial charge on any atom is -0.356 e. The number of carbonyl (C=O) groups is 1. The van der Waals surface area contributed by atoms with Gasteiger partial charge in [0, 0.05) is 30.8 Å². The Morgan fingerprint density at radius 2 is 2.28 bits per heavy atom. The summed E-state index contributed by atoms with van der Waals surface area (Å²) in [7, 11) is 0. The molecule has 0 saturated carbocycles. The summed E-state index contributed by atoms with van der Waals surface area (Å²) >= 11 is 1.97. The highest BCUT2D eigenvalue weighted by molar-refractivity contribution is 7.99. The zero-order valence-corrected chi connectivity index (χ0v) is 12.5. The third kappa shape index (κ3) is 5.16. The van der Waals surface area contributed by atoms with E-state index < -0.39 is 0 Å². The smallest absolute Gasteiger partial charge is 0.221 e. The molecular formula is C13H27N3OS. The van der Waals surface area contributed by atoms with Gasteiger partial charge in [0.25, 0.3) is 0 Å². The number of thioether (sulfide) groups is 1. The Morgan fingerprint density at radius 3 is 2.89 bits per heavy atom. The van der Waals surface area contributed by atoms with E-state index in [9.17, 15) is 4.79 Å². The van der Waals surface area contributed by atoms with Crippen LogP contribution in [0.3, 0.4) is 0 Å². The number of nitrogens with one attached hydrogen (secondary N) is 1. The second-order valence-corrected chi connectivity index (χ2v) is 6.01. The molecule has 0 aromatic rings. The summed E-state index contributed by atoms with van der Waals surface area (Å²) < 4.78 is 0. The molecule has 3 N–H and O–H groups in total. The molecule has 0 bridgehead atoms. The first-order valence-electron chi connectivity index (χ1n) is 6.94. The SMILES string of the molecule is CCNC(=O)CC(CN)N1CCCC(SC)CC1. The molecule has 18 heavy (non-hydrogen) atoms. The molecule has 0 aliphatic carbocycles. The van der Waals surface area contributed by atoms with Crippen molar-refractivity contribution in [2.45, 2.75) is 43.9 Å². The van der Waals surface area contributed by atoms with E-state index in [1.807, 2.05) is 18.7 Å². The molecule has 1 saturated heterocycles. The molecular weight excluding hydrogens is 246 g/mol. The standard InChI is InChI=1S/C13H27N3OS/c1-3-15-13(17)9-11(10-14)16-7-4-5-12(18-2)6-8-16/h11-12H,3-10,14H2,1-2H3,(H,15,17). The lowest BCUT2D eigenvalue weighted by molar-refractivity contribution is -0.122. The van der Waals surface area contributed by atoms with Crippen molar-refractivity contribution in [2.75, 3.05) is 32.4 Å². The fraction of sp³-hybridized carbons (Fsp3) is 0.923. The Hall–Kier alpha value is -0.260. The van der Waals surface area contributed by atoms with E-state index in [0.717, 1.165) is 18.3 Å². The summed E-state index contributed by atoms with van der Waals surface area (Å²) in [5.41, 5.74) is 5.84. The maximum absolute atomic E-state index is 11.7. The van der Waals surface area contributed by atoms with Crippen molar-refractivity contribution >= 4 is 17.7 Å². The third-order valence-electron chi connectivity index (χ3n) is 3.63. The van der Waals surface area contributed by atoms with E-state index >= 15 is 0 Å². The lowest BCUT2D eigenvalue weighted by atomic mass is 10.1. The lowest BCUT2D eigenvalue weighted by Crippen LogP contribution is -2.44. The highest BCUT2D eigenvalue weighted by Crippen LogP contribution is 2.22. The van der Waals surface area contributed by atoms with Gasteiger partial charge in [-0.2, -0.15) is 11.8 Å². The second kappa shape index (κ2) is 8.77. The number of nitrogens with zero attached hydrogens (tertiary/aromatic N) is 1. The molecule has 2 atom stereocenters. The molecule has 1 aliphatic rings. The summed E-state index contributed by atoms with van der Waals surface area (Å²) in [6.45, 7) is 5.38. The molecule has 106 valence electrons. The van der Waals surface area contributed by atoms with Crippen LogP contribution in [0.5, 0.6) is 0 Å². The van der Waals surface area contributed by atoms with E-state index in [-0.39, 0.29) is 11.9 Å². The fourth-order valence-electron chi connectivity index (χ4n) is 2.53. The molecule has 0 radical (unpaired) electrons. The van der Waals surface area contributed by atoms with Crippen molar-refractivity contribution in [3.05, 3.63) is 0 Å². The number of carbonyl (C=O) groups excluding carboxylic acids is 1. The van der Waals surface area contributed by atoms with E-state index in [4.69, 9.17) is 5.73 Å². The quantitative estimate of drug-likeness (QED) is 0.760. The average molecular weight is 273 g/mol. The summed E-state index contributed by atoms with van der Waals surface area (Å²) in [5.74, 6) is 0.124. The molecule has 0 spiro atoms. The van der Waals surface area contributed by atoms with Crippen molar-refractivity contribution < 1.29 is 4.79 Å². The van der Waals surface area contributed by atoms with Gasteiger partial charge in [-0.25, -0.2) is 0 Å². The third-order valence-corrected chi connectivity index (χ3v) is 4.76. The van der Waals surface area contributed by atoms with Gasteiger partial charge >= 0.3 is 0 Å². The molecule has 5 heteroatoms. The summed E-state index contributed by atoms with van der Waals surface area (Å²) in [5, 5.41) is 3.64. The van der Waals surface area contributed by atoms with Crippen LogP contribution >= 0.6 is 11.8 Å². The zero-order valence-electron chi connectivity index (χ0n) is 11.7. The van der Waals surface area contributed by atoms with Gasteiger partial charge in [-0.1, -0.05) is 0 Å². The normalized spacial score (nSPS) is 23.4. The summed E-state index contributed by atoms with van der Waals surface area (Å²) in [4.78, 5) is 14.1. The monoisotopic (exact) mass is 273 g/mol. The van der Waals surface area contributed by atoms with Crippen LogP contribution in [0, 0.1) is 0 Å². The van der Waals surface area contributed by atoms with Crippen molar-refractivity contribution in [1.82, 2.24) is 10.2 Å². The summed E-state index contributed by atoms with van der Waals surface area (Å²) in [6, 6.07) is 0.206. The maximum Gasteiger partial charge on any atom is 0.221 e. The van der Waals surface area contributed by atoms with Gasteiger partial charge in [-0.3, -0.25) is 9.69 Å². The number of nitrogens with two attached hydrogens (primary N) is 1. The van der Waals surface area contributed by atoms with Gasteiger partial charge in [0.15, 0.2) is 0 Å². The Kier molecular flexibility index (Phi) is 7.70. The van der Waals surface area contributed by atoms with Gasteiger partial charge in [0.05, 0.1) is 0 Å². The maximum atomic E-state index is 11.7.